The number of halogens is 3. The summed E-state index contributed by atoms with van der Waals surface area (Å²) in [5.74, 6) is 0.509. The normalized spacial score (nSPS) is 10.8. The number of alkyl halides is 3. The fourth-order valence-corrected chi connectivity index (χ4v) is 1.81. The standard InChI is InChI=1S/C12H11N7.C2HCl3O/c13-9-7(6-4-2-1-3-5-6)16-8-10(14)18-12(15)19-11(8)17-9;3-2(4,5)1-6/h1-5H,(H6,13,14,15,17,18,19);1H. The minimum Gasteiger partial charge on any atom is -0.382 e. The van der Waals surface area contributed by atoms with Gasteiger partial charge >= 0.3 is 0 Å². The molecule has 0 aliphatic rings. The van der Waals surface area contributed by atoms with Crippen molar-refractivity contribution in [3.8, 4) is 11.3 Å². The molecule has 8 nitrogen and oxygen atoms in total. The van der Waals surface area contributed by atoms with E-state index in [9.17, 15) is 4.79 Å². The number of rotatable bonds is 1. The zero-order chi connectivity index (χ0) is 18.6. The van der Waals surface area contributed by atoms with E-state index in [4.69, 9.17) is 52.0 Å². The number of aromatic nitrogens is 4. The number of anilines is 3. The first-order chi connectivity index (χ1) is 11.7. The molecule has 130 valence electrons. The van der Waals surface area contributed by atoms with Crippen molar-refractivity contribution in [1.29, 1.82) is 0 Å². The molecule has 0 spiro atoms. The predicted octanol–water partition coefficient (Wildman–Crippen LogP) is 2.39. The van der Waals surface area contributed by atoms with Gasteiger partial charge < -0.3 is 17.2 Å². The number of nitrogen functional groups attached to an aromatic ring is 3. The van der Waals surface area contributed by atoms with E-state index < -0.39 is 3.79 Å². The first kappa shape index (κ1) is 18.9. The van der Waals surface area contributed by atoms with Crippen LogP contribution in [-0.4, -0.2) is 30.0 Å². The lowest BCUT2D eigenvalue weighted by atomic mass is 10.1. The van der Waals surface area contributed by atoms with Crippen molar-refractivity contribution in [3.63, 3.8) is 0 Å². The maximum atomic E-state index is 9.43. The Hall–Kier alpha value is -2.42. The SMILES string of the molecule is Nc1nc(N)c2nc(-c3ccccc3)c(N)nc2n1.O=CC(Cl)(Cl)Cl. The molecule has 2 aromatic heterocycles. The molecular weight excluding hydrogens is 389 g/mol. The number of nitrogens with two attached hydrogens (primary N) is 3. The molecule has 0 fully saturated rings. The Labute approximate surface area is 157 Å². The number of hydrogen-bond acceptors (Lipinski definition) is 8. The largest absolute Gasteiger partial charge is 0.382 e. The van der Waals surface area contributed by atoms with Gasteiger partial charge in [0, 0.05) is 5.56 Å². The molecule has 0 amide bonds. The van der Waals surface area contributed by atoms with E-state index in [0.29, 0.717) is 16.9 Å². The van der Waals surface area contributed by atoms with Crippen LogP contribution in [0.2, 0.25) is 0 Å². The Morgan fingerprint density at radius 1 is 0.880 bits per heavy atom. The van der Waals surface area contributed by atoms with E-state index in [1.807, 2.05) is 30.3 Å². The fourth-order valence-electron chi connectivity index (χ4n) is 1.81. The van der Waals surface area contributed by atoms with Gasteiger partial charge in [0.2, 0.25) is 9.74 Å². The Morgan fingerprint density at radius 3 is 2.04 bits per heavy atom. The number of nitrogens with zero attached hydrogens (tertiary/aromatic N) is 4. The van der Waals surface area contributed by atoms with Gasteiger partial charge in [-0.05, 0) is 0 Å². The molecule has 0 bridgehead atoms. The number of benzene rings is 1. The molecule has 3 aromatic rings. The van der Waals surface area contributed by atoms with Crippen molar-refractivity contribution in [2.75, 3.05) is 17.2 Å². The van der Waals surface area contributed by atoms with Gasteiger partial charge in [0.1, 0.15) is 5.69 Å². The highest BCUT2D eigenvalue weighted by Crippen LogP contribution is 2.26. The number of carbonyl (C=O) groups is 1. The van der Waals surface area contributed by atoms with Crippen LogP contribution in [0, 0.1) is 0 Å². The third kappa shape index (κ3) is 5.02. The Balaban J connectivity index is 0.000000326. The van der Waals surface area contributed by atoms with Crippen LogP contribution in [-0.2, 0) is 4.79 Å². The molecule has 2 heterocycles. The number of aldehydes is 1. The van der Waals surface area contributed by atoms with Crippen molar-refractivity contribution >= 4 is 69.8 Å². The maximum absolute atomic E-state index is 9.43. The lowest BCUT2D eigenvalue weighted by Crippen LogP contribution is -2.06. The second-order valence-corrected chi connectivity index (χ2v) is 6.99. The molecule has 0 aliphatic carbocycles. The summed E-state index contributed by atoms with van der Waals surface area (Å²) in [7, 11) is 0. The first-order valence-corrected chi connectivity index (χ1v) is 7.79. The Morgan fingerprint density at radius 2 is 1.48 bits per heavy atom. The van der Waals surface area contributed by atoms with Gasteiger partial charge in [-0.1, -0.05) is 65.1 Å². The lowest BCUT2D eigenvalue weighted by Gasteiger charge is -2.07. The van der Waals surface area contributed by atoms with Crippen LogP contribution in [0.15, 0.2) is 30.3 Å². The van der Waals surface area contributed by atoms with Crippen LogP contribution in [0.25, 0.3) is 22.4 Å². The van der Waals surface area contributed by atoms with Gasteiger partial charge in [0.15, 0.2) is 29.1 Å². The summed E-state index contributed by atoms with van der Waals surface area (Å²) in [5.41, 5.74) is 19.3. The van der Waals surface area contributed by atoms with E-state index in [1.165, 1.54) is 0 Å². The average Bonchev–Trinajstić information content (AvgIpc) is 2.55. The van der Waals surface area contributed by atoms with Crippen LogP contribution >= 0.6 is 34.8 Å². The number of fused-ring (bicyclic) bond motifs is 1. The third-order valence-corrected chi connectivity index (χ3v) is 3.05. The Kier molecular flexibility index (Phi) is 5.78. The summed E-state index contributed by atoms with van der Waals surface area (Å²) in [6.07, 6.45) is 0.234. The molecule has 0 atom stereocenters. The van der Waals surface area contributed by atoms with Crippen LogP contribution in [0.4, 0.5) is 17.6 Å². The summed E-state index contributed by atoms with van der Waals surface area (Å²) in [4.78, 5) is 25.8. The second-order valence-electron chi connectivity index (χ2n) is 4.62. The smallest absolute Gasteiger partial charge is 0.245 e. The van der Waals surface area contributed by atoms with Crippen LogP contribution in [0.3, 0.4) is 0 Å². The van der Waals surface area contributed by atoms with Crippen LogP contribution in [0.1, 0.15) is 0 Å². The fraction of sp³-hybridized carbons (Fsp3) is 0.0714. The topological polar surface area (TPSA) is 147 Å². The third-order valence-electron chi connectivity index (χ3n) is 2.78. The quantitative estimate of drug-likeness (QED) is 0.416. The van der Waals surface area contributed by atoms with Crippen molar-refractivity contribution in [2.24, 2.45) is 0 Å². The molecule has 0 aliphatic heterocycles. The zero-order valence-electron chi connectivity index (χ0n) is 12.5. The molecule has 0 unspecified atom stereocenters. The summed E-state index contributed by atoms with van der Waals surface area (Å²) in [6.45, 7) is 0. The van der Waals surface area contributed by atoms with Crippen molar-refractivity contribution < 1.29 is 4.79 Å². The van der Waals surface area contributed by atoms with Crippen LogP contribution in [0.5, 0.6) is 0 Å². The van der Waals surface area contributed by atoms with Crippen molar-refractivity contribution in [2.45, 2.75) is 3.79 Å². The summed E-state index contributed by atoms with van der Waals surface area (Å²) in [5, 5.41) is 0. The van der Waals surface area contributed by atoms with Gasteiger partial charge in [-0.15, -0.1) is 0 Å². The molecule has 6 N–H and O–H groups in total. The molecule has 0 saturated carbocycles. The van der Waals surface area contributed by atoms with Gasteiger partial charge in [-0.3, -0.25) is 4.79 Å². The molecule has 1 aromatic carbocycles. The average molecular weight is 401 g/mol. The summed E-state index contributed by atoms with van der Waals surface area (Å²) >= 11 is 14.6. The molecule has 11 heteroatoms. The minimum atomic E-state index is -1.72. The highest BCUT2D eigenvalue weighted by atomic mass is 35.6. The lowest BCUT2D eigenvalue weighted by molar-refractivity contribution is -0.107. The molecule has 0 saturated heterocycles. The van der Waals surface area contributed by atoms with Crippen molar-refractivity contribution in [3.05, 3.63) is 30.3 Å². The number of carbonyl (C=O) groups excluding carboxylic acids is 1. The predicted molar refractivity (Wildman–Crippen MR) is 100 cm³/mol. The molecule has 25 heavy (non-hydrogen) atoms. The van der Waals surface area contributed by atoms with Crippen molar-refractivity contribution in [1.82, 2.24) is 19.9 Å². The highest BCUT2D eigenvalue weighted by molar-refractivity contribution is 6.74. The zero-order valence-corrected chi connectivity index (χ0v) is 14.8. The molecular formula is C14H12Cl3N7O. The summed E-state index contributed by atoms with van der Waals surface area (Å²) < 4.78 is -1.72. The molecule has 0 radical (unpaired) electrons. The minimum absolute atomic E-state index is 0.0474. The second kappa shape index (κ2) is 7.64. The number of hydrogen-bond donors (Lipinski definition) is 3. The van der Waals surface area contributed by atoms with E-state index in [0.717, 1.165) is 5.56 Å². The van der Waals surface area contributed by atoms with Crippen LogP contribution < -0.4 is 17.2 Å². The van der Waals surface area contributed by atoms with E-state index in [1.54, 1.807) is 0 Å². The maximum Gasteiger partial charge on any atom is 0.245 e. The molecule has 3 rings (SSSR count). The van der Waals surface area contributed by atoms with E-state index in [-0.39, 0.29) is 23.9 Å². The highest BCUT2D eigenvalue weighted by Gasteiger charge is 2.16. The van der Waals surface area contributed by atoms with Gasteiger partial charge in [-0.25, -0.2) is 9.97 Å². The van der Waals surface area contributed by atoms with E-state index in [2.05, 4.69) is 19.9 Å². The van der Waals surface area contributed by atoms with Gasteiger partial charge in [0.05, 0.1) is 0 Å². The first-order valence-electron chi connectivity index (χ1n) is 6.66. The Bertz CT molecular complexity index is 900. The van der Waals surface area contributed by atoms with Gasteiger partial charge in [0.25, 0.3) is 0 Å². The summed E-state index contributed by atoms with van der Waals surface area (Å²) in [6, 6.07) is 9.47. The van der Waals surface area contributed by atoms with Gasteiger partial charge in [-0.2, -0.15) is 9.97 Å². The van der Waals surface area contributed by atoms with E-state index >= 15 is 0 Å². The monoisotopic (exact) mass is 399 g/mol.